The van der Waals surface area contributed by atoms with Crippen LogP contribution in [0.3, 0.4) is 0 Å². The van der Waals surface area contributed by atoms with Crippen molar-refractivity contribution < 1.29 is 4.79 Å². The Morgan fingerprint density at radius 3 is 2.85 bits per heavy atom. The highest BCUT2D eigenvalue weighted by Crippen LogP contribution is 2.21. The van der Waals surface area contributed by atoms with E-state index in [1.54, 1.807) is 6.08 Å². The lowest BCUT2D eigenvalue weighted by Gasteiger charge is -2.11. The van der Waals surface area contributed by atoms with Gasteiger partial charge in [-0.2, -0.15) is 14.6 Å². The molecule has 0 atom stereocenters. The highest BCUT2D eigenvalue weighted by molar-refractivity contribution is 7.98. The van der Waals surface area contributed by atoms with Crippen LogP contribution in [0.1, 0.15) is 16.8 Å². The summed E-state index contributed by atoms with van der Waals surface area (Å²) in [5.41, 5.74) is 4.04. The van der Waals surface area contributed by atoms with Crippen molar-refractivity contribution in [2.45, 2.75) is 19.0 Å². The zero-order chi connectivity index (χ0) is 19.4. The van der Waals surface area contributed by atoms with Gasteiger partial charge in [-0.25, -0.2) is 0 Å². The van der Waals surface area contributed by atoms with Gasteiger partial charge in [0.05, 0.1) is 0 Å². The van der Waals surface area contributed by atoms with Gasteiger partial charge in [-0.05, 0) is 49.9 Å². The van der Waals surface area contributed by atoms with E-state index in [0.717, 1.165) is 28.5 Å². The maximum atomic E-state index is 12.4. The predicted molar refractivity (Wildman–Crippen MR) is 109 cm³/mol. The Hall–Kier alpha value is -2.89. The van der Waals surface area contributed by atoms with Gasteiger partial charge in [0, 0.05) is 29.1 Å². The number of carbonyl (C=O) groups is 1. The van der Waals surface area contributed by atoms with Gasteiger partial charge in [0.1, 0.15) is 11.6 Å². The van der Waals surface area contributed by atoms with E-state index in [2.05, 4.69) is 20.7 Å². The molecule has 3 aromatic rings. The lowest BCUT2D eigenvalue weighted by Crippen LogP contribution is -2.13. The van der Waals surface area contributed by atoms with Crippen LogP contribution in [0.2, 0.25) is 0 Å². The number of aryl methyl sites for hydroxylation is 2. The normalized spacial score (nSPS) is 11.3. The Morgan fingerprint density at radius 2 is 2.19 bits per heavy atom. The van der Waals surface area contributed by atoms with Crippen LogP contribution in [0, 0.1) is 25.2 Å². The molecule has 8 heteroatoms. The largest absolute Gasteiger partial charge is 0.317 e. The molecule has 2 aromatic heterocycles. The Balaban J connectivity index is 1.89. The van der Waals surface area contributed by atoms with Crippen molar-refractivity contribution in [3.05, 3.63) is 58.9 Å². The van der Waals surface area contributed by atoms with Crippen molar-refractivity contribution >= 4 is 40.4 Å². The van der Waals surface area contributed by atoms with Crippen molar-refractivity contribution in [1.82, 2.24) is 13.9 Å². The van der Waals surface area contributed by atoms with Crippen LogP contribution < -0.4 is 5.32 Å². The van der Waals surface area contributed by atoms with E-state index < -0.39 is 5.91 Å². The number of anilines is 1. The molecule has 1 aromatic carbocycles. The zero-order valence-corrected chi connectivity index (χ0v) is 16.7. The van der Waals surface area contributed by atoms with Gasteiger partial charge >= 0.3 is 0 Å². The molecular formula is C19H17N5OS2. The first-order valence-electron chi connectivity index (χ1n) is 8.07. The summed E-state index contributed by atoms with van der Waals surface area (Å²) in [5, 5.41) is 13.0. The second kappa shape index (κ2) is 8.20. The molecule has 6 nitrogen and oxygen atoms in total. The van der Waals surface area contributed by atoms with Crippen LogP contribution in [0.25, 0.3) is 11.8 Å². The first-order chi connectivity index (χ1) is 13.0. The van der Waals surface area contributed by atoms with Crippen molar-refractivity contribution in [2.24, 2.45) is 0 Å². The van der Waals surface area contributed by atoms with E-state index in [4.69, 9.17) is 0 Å². The topological polar surface area (TPSA) is 83.6 Å². The fourth-order valence-corrected chi connectivity index (χ4v) is 3.73. The van der Waals surface area contributed by atoms with Gasteiger partial charge < -0.3 is 4.57 Å². The van der Waals surface area contributed by atoms with E-state index in [1.807, 2.05) is 61.2 Å². The van der Waals surface area contributed by atoms with E-state index in [0.29, 0.717) is 10.3 Å². The summed E-state index contributed by atoms with van der Waals surface area (Å²) >= 11 is 2.48. The number of amides is 1. The van der Waals surface area contributed by atoms with E-state index in [-0.39, 0.29) is 5.57 Å². The highest BCUT2D eigenvalue weighted by Gasteiger charge is 2.14. The first kappa shape index (κ1) is 18.9. The van der Waals surface area contributed by atoms with Crippen LogP contribution >= 0.6 is 23.3 Å². The average molecular weight is 396 g/mol. The molecule has 0 saturated carbocycles. The number of benzene rings is 1. The molecule has 0 aliphatic heterocycles. The predicted octanol–water partition coefficient (Wildman–Crippen LogP) is 4.21. The molecule has 0 unspecified atom stereocenters. The van der Waals surface area contributed by atoms with Crippen LogP contribution in [-0.4, -0.2) is 26.1 Å². The number of aromatic nitrogens is 3. The third-order valence-corrected chi connectivity index (χ3v) is 5.15. The van der Waals surface area contributed by atoms with Crippen LogP contribution in [0.5, 0.6) is 0 Å². The summed E-state index contributed by atoms with van der Waals surface area (Å²) in [6.07, 6.45) is 5.34. The molecule has 27 heavy (non-hydrogen) atoms. The van der Waals surface area contributed by atoms with Gasteiger partial charge in [-0.15, -0.1) is 0 Å². The lowest BCUT2D eigenvalue weighted by molar-refractivity contribution is -0.112. The molecule has 0 saturated heterocycles. The fraction of sp³-hybridized carbons (Fsp3) is 0.158. The molecular weight excluding hydrogens is 378 g/mol. The summed E-state index contributed by atoms with van der Waals surface area (Å²) in [5.74, 6) is -0.505. The number of carbonyl (C=O) groups excluding carboxylic acids is 1. The monoisotopic (exact) mass is 395 g/mol. The Kier molecular flexibility index (Phi) is 5.74. The molecule has 0 aliphatic rings. The SMILES string of the molecule is CSc1nsc(NC(=O)/C(C#N)=C\c2cccn2-c2ccc(C)cc2C)n1. The van der Waals surface area contributed by atoms with Crippen LogP contribution in [0.4, 0.5) is 5.13 Å². The minimum atomic E-state index is -0.505. The van der Waals surface area contributed by atoms with Crippen molar-refractivity contribution in [2.75, 3.05) is 11.6 Å². The second-order valence-corrected chi connectivity index (χ2v) is 7.33. The molecule has 1 N–H and O–H groups in total. The Morgan fingerprint density at radius 1 is 1.37 bits per heavy atom. The maximum absolute atomic E-state index is 12.4. The van der Waals surface area contributed by atoms with Crippen molar-refractivity contribution in [1.29, 1.82) is 5.26 Å². The first-order valence-corrected chi connectivity index (χ1v) is 10.1. The third-order valence-electron chi connectivity index (χ3n) is 3.86. The number of hydrogen-bond acceptors (Lipinski definition) is 6. The number of thioether (sulfide) groups is 1. The fourth-order valence-electron chi connectivity index (χ4n) is 2.61. The number of nitriles is 1. The van der Waals surface area contributed by atoms with Gasteiger partial charge in [-0.3, -0.25) is 10.1 Å². The van der Waals surface area contributed by atoms with E-state index in [1.165, 1.54) is 17.3 Å². The Bertz CT molecular complexity index is 1060. The minimum Gasteiger partial charge on any atom is -0.317 e. The van der Waals surface area contributed by atoms with Gasteiger partial charge in [0.25, 0.3) is 5.91 Å². The van der Waals surface area contributed by atoms with Gasteiger partial charge in [0.2, 0.25) is 10.3 Å². The maximum Gasteiger partial charge on any atom is 0.268 e. The third kappa shape index (κ3) is 4.27. The number of rotatable bonds is 5. The van der Waals surface area contributed by atoms with Crippen LogP contribution in [0.15, 0.2) is 47.3 Å². The molecule has 0 radical (unpaired) electrons. The quantitative estimate of drug-likeness (QED) is 0.397. The lowest BCUT2D eigenvalue weighted by atomic mass is 10.1. The van der Waals surface area contributed by atoms with E-state index >= 15 is 0 Å². The summed E-state index contributed by atoms with van der Waals surface area (Å²) in [6, 6.07) is 11.9. The molecule has 1 amide bonds. The van der Waals surface area contributed by atoms with Crippen LogP contribution in [-0.2, 0) is 4.79 Å². The molecule has 136 valence electrons. The summed E-state index contributed by atoms with van der Waals surface area (Å²) < 4.78 is 6.05. The molecule has 0 bridgehead atoms. The molecule has 2 heterocycles. The van der Waals surface area contributed by atoms with Crippen molar-refractivity contribution in [3.8, 4) is 11.8 Å². The Labute approximate surface area is 165 Å². The van der Waals surface area contributed by atoms with Gasteiger partial charge in [-0.1, -0.05) is 29.5 Å². The molecule has 0 aliphatic carbocycles. The average Bonchev–Trinajstić information content (AvgIpc) is 3.28. The second-order valence-electron chi connectivity index (χ2n) is 5.80. The number of nitrogens with zero attached hydrogens (tertiary/aromatic N) is 4. The molecule has 0 fully saturated rings. The summed E-state index contributed by atoms with van der Waals surface area (Å²) in [4.78, 5) is 16.6. The molecule has 0 spiro atoms. The summed E-state index contributed by atoms with van der Waals surface area (Å²) in [6.45, 7) is 4.08. The smallest absolute Gasteiger partial charge is 0.268 e. The highest BCUT2D eigenvalue weighted by atomic mass is 32.2. The van der Waals surface area contributed by atoms with Crippen molar-refractivity contribution in [3.63, 3.8) is 0 Å². The zero-order valence-electron chi connectivity index (χ0n) is 15.1. The number of hydrogen-bond donors (Lipinski definition) is 1. The number of nitrogens with one attached hydrogen (secondary N) is 1. The van der Waals surface area contributed by atoms with E-state index in [9.17, 15) is 10.1 Å². The molecule has 3 rings (SSSR count). The minimum absolute atomic E-state index is 0.000571. The van der Waals surface area contributed by atoms with Gasteiger partial charge in [0.15, 0.2) is 0 Å². The summed E-state index contributed by atoms with van der Waals surface area (Å²) in [7, 11) is 0. The standard InChI is InChI=1S/C19H17N5OS2/c1-12-6-7-16(13(2)9-12)24-8-4-5-15(24)10-14(11-20)17(25)21-18-22-19(26-3)23-27-18/h4-10H,1-3H3,(H,21,22,23,25)/b14-10-.